The molecular formula is C25H26F4N6O2. The van der Waals surface area contributed by atoms with Crippen molar-refractivity contribution in [2.75, 3.05) is 11.9 Å². The first-order valence-corrected chi connectivity index (χ1v) is 12.1. The van der Waals surface area contributed by atoms with E-state index in [0.717, 1.165) is 44.6 Å². The van der Waals surface area contributed by atoms with E-state index in [1.54, 1.807) is 6.92 Å². The van der Waals surface area contributed by atoms with Crippen LogP contribution in [-0.4, -0.2) is 38.4 Å². The number of alkyl halides is 3. The number of fused-ring (bicyclic) bond motifs is 4. The van der Waals surface area contributed by atoms with Crippen molar-refractivity contribution in [3.63, 3.8) is 0 Å². The molecule has 196 valence electrons. The number of H-pyrrole nitrogens is 1. The fourth-order valence-electron chi connectivity index (χ4n) is 5.62. The largest absolute Gasteiger partial charge is 0.419 e. The lowest BCUT2D eigenvalue weighted by Gasteiger charge is -2.52. The van der Waals surface area contributed by atoms with Crippen molar-refractivity contribution in [2.24, 2.45) is 10.8 Å². The molecule has 2 heterocycles. The molecule has 8 nitrogen and oxygen atoms in total. The highest BCUT2D eigenvalue weighted by atomic mass is 19.4. The van der Waals surface area contributed by atoms with Gasteiger partial charge in [0.15, 0.2) is 11.5 Å². The van der Waals surface area contributed by atoms with Crippen LogP contribution in [0.3, 0.4) is 0 Å². The van der Waals surface area contributed by atoms with Gasteiger partial charge in [-0.25, -0.2) is 14.4 Å². The van der Waals surface area contributed by atoms with Gasteiger partial charge in [-0.3, -0.25) is 14.7 Å². The van der Waals surface area contributed by atoms with E-state index in [1.165, 1.54) is 12.4 Å². The van der Waals surface area contributed by atoms with Gasteiger partial charge in [0.2, 0.25) is 0 Å². The number of Topliss-reactive ketones (excluding diaryl/α,β-unsaturated/α-hetero) is 1. The summed E-state index contributed by atoms with van der Waals surface area (Å²) in [6.45, 7) is 2.11. The monoisotopic (exact) mass is 518 g/mol. The topological polar surface area (TPSA) is 113 Å². The summed E-state index contributed by atoms with van der Waals surface area (Å²) in [5, 5.41) is 12.9. The summed E-state index contributed by atoms with van der Waals surface area (Å²) in [7, 11) is 0. The van der Waals surface area contributed by atoms with Gasteiger partial charge in [0.25, 0.3) is 5.91 Å². The summed E-state index contributed by atoms with van der Waals surface area (Å²) in [6.07, 6.45) is 1.97. The summed E-state index contributed by atoms with van der Waals surface area (Å²) in [6, 6.07) is 2.56. The quantitative estimate of drug-likeness (QED) is 0.388. The molecule has 3 fully saturated rings. The third-order valence-electron chi connectivity index (χ3n) is 8.13. The highest BCUT2D eigenvalue weighted by Crippen LogP contribution is 2.57. The van der Waals surface area contributed by atoms with Crippen LogP contribution in [0.5, 0.6) is 0 Å². The van der Waals surface area contributed by atoms with Crippen LogP contribution in [0.4, 0.5) is 23.4 Å². The number of halogens is 4. The number of nitrogens with zero attached hydrogens (tertiary/aromatic N) is 3. The van der Waals surface area contributed by atoms with Gasteiger partial charge in [0.1, 0.15) is 29.0 Å². The van der Waals surface area contributed by atoms with Crippen molar-refractivity contribution in [1.82, 2.24) is 25.5 Å². The lowest BCUT2D eigenvalue weighted by Crippen LogP contribution is -2.47. The summed E-state index contributed by atoms with van der Waals surface area (Å²) < 4.78 is 52.5. The van der Waals surface area contributed by atoms with E-state index in [1.807, 2.05) is 0 Å². The number of ketones is 1. The Morgan fingerprint density at radius 3 is 2.43 bits per heavy atom. The molecule has 1 aromatic carbocycles. The Morgan fingerprint density at radius 1 is 1.08 bits per heavy atom. The summed E-state index contributed by atoms with van der Waals surface area (Å²) in [5.74, 6) is -1.26. The first kappa shape index (κ1) is 25.1. The average molecular weight is 519 g/mol. The van der Waals surface area contributed by atoms with E-state index in [-0.39, 0.29) is 39.9 Å². The Morgan fingerprint density at radius 2 is 1.78 bits per heavy atom. The van der Waals surface area contributed by atoms with Crippen LogP contribution in [0.1, 0.15) is 67.1 Å². The molecule has 0 spiro atoms. The molecule has 6 rings (SSSR count). The second kappa shape index (κ2) is 9.07. The number of amides is 1. The van der Waals surface area contributed by atoms with Crippen molar-refractivity contribution in [1.29, 1.82) is 0 Å². The highest BCUT2D eigenvalue weighted by molar-refractivity contribution is 6.04. The summed E-state index contributed by atoms with van der Waals surface area (Å²) in [5.41, 5.74) is -0.676. The number of carbonyl (C=O) groups excluding carboxylic acids is 2. The zero-order chi connectivity index (χ0) is 26.4. The van der Waals surface area contributed by atoms with Crippen molar-refractivity contribution < 1.29 is 27.2 Å². The lowest BCUT2D eigenvalue weighted by atomic mass is 9.52. The minimum Gasteiger partial charge on any atom is -0.366 e. The van der Waals surface area contributed by atoms with Crippen LogP contribution in [0.25, 0.3) is 11.0 Å². The number of anilines is 1. The van der Waals surface area contributed by atoms with Crippen LogP contribution in [0.15, 0.2) is 24.5 Å². The van der Waals surface area contributed by atoms with Gasteiger partial charge in [0, 0.05) is 18.5 Å². The Labute approximate surface area is 209 Å². The van der Waals surface area contributed by atoms with Crippen LogP contribution < -0.4 is 10.6 Å². The minimum absolute atomic E-state index is 0.0107. The molecular weight excluding hydrogens is 492 g/mol. The van der Waals surface area contributed by atoms with Crippen molar-refractivity contribution in [3.05, 3.63) is 47.2 Å². The van der Waals surface area contributed by atoms with Gasteiger partial charge in [-0.15, -0.1) is 0 Å². The average Bonchev–Trinajstić information content (AvgIpc) is 3.30. The zero-order valence-corrected chi connectivity index (χ0v) is 20.1. The van der Waals surface area contributed by atoms with Crippen molar-refractivity contribution in [2.45, 2.75) is 58.2 Å². The Bertz CT molecular complexity index is 1340. The van der Waals surface area contributed by atoms with Gasteiger partial charge in [-0.1, -0.05) is 6.07 Å². The molecule has 2 bridgehead atoms. The standard InChI is InChI=1S/C25H26F4N6O2/c1-14(36)24-7-4-23(5-8-24,6-9-24)12-31-21-19-18(34-35-21)20(33-13-32-19)22(37)30-11-15-2-3-17(26)16(10-15)25(27,28)29/h2-3,10,13H,4-9,11-12H2,1H3,(H,30,37)(H2,31,34,35). The molecule has 0 unspecified atom stereocenters. The molecule has 3 aliphatic rings. The molecule has 3 aliphatic carbocycles. The molecule has 12 heteroatoms. The minimum atomic E-state index is -4.84. The molecule has 3 aromatic rings. The Hall–Kier alpha value is -3.57. The lowest BCUT2D eigenvalue weighted by molar-refractivity contribution is -0.140. The molecule has 2 aromatic heterocycles. The number of nitrogens with one attached hydrogen (secondary N) is 3. The first-order chi connectivity index (χ1) is 17.5. The predicted molar refractivity (Wildman–Crippen MR) is 126 cm³/mol. The number of aromatic nitrogens is 4. The molecule has 0 atom stereocenters. The maximum absolute atomic E-state index is 13.5. The maximum atomic E-state index is 13.5. The Balaban J connectivity index is 1.27. The molecule has 1 amide bonds. The SMILES string of the molecule is CC(=O)C12CCC(CNc3n[nH]c4c(C(=O)NCc5ccc(F)c(C(F)(F)F)c5)ncnc34)(CC1)CC2. The fraction of sp³-hybridized carbons (Fsp3) is 0.480. The zero-order valence-electron chi connectivity index (χ0n) is 20.1. The smallest absolute Gasteiger partial charge is 0.366 e. The van der Waals surface area contributed by atoms with E-state index in [0.29, 0.717) is 23.9 Å². The number of rotatable bonds is 7. The van der Waals surface area contributed by atoms with Crippen molar-refractivity contribution in [3.8, 4) is 0 Å². The fourth-order valence-corrected chi connectivity index (χ4v) is 5.62. The van der Waals surface area contributed by atoms with Crippen LogP contribution in [0.2, 0.25) is 0 Å². The number of carbonyl (C=O) groups is 2. The number of benzene rings is 1. The second-order valence-electron chi connectivity index (χ2n) is 10.2. The van der Waals surface area contributed by atoms with Gasteiger partial charge >= 0.3 is 6.18 Å². The summed E-state index contributed by atoms with van der Waals surface area (Å²) >= 11 is 0. The maximum Gasteiger partial charge on any atom is 0.419 e. The summed E-state index contributed by atoms with van der Waals surface area (Å²) in [4.78, 5) is 33.2. The first-order valence-electron chi connectivity index (χ1n) is 12.1. The molecule has 0 radical (unpaired) electrons. The van der Waals surface area contributed by atoms with Crippen LogP contribution in [0, 0.1) is 16.6 Å². The van der Waals surface area contributed by atoms with E-state index in [4.69, 9.17) is 0 Å². The molecule has 37 heavy (non-hydrogen) atoms. The van der Waals surface area contributed by atoms with E-state index in [2.05, 4.69) is 30.8 Å². The van der Waals surface area contributed by atoms with E-state index in [9.17, 15) is 27.2 Å². The highest BCUT2D eigenvalue weighted by Gasteiger charge is 2.50. The molecule has 3 saturated carbocycles. The predicted octanol–water partition coefficient (Wildman–Crippen LogP) is 4.78. The normalized spacial score (nSPS) is 23.3. The Kier molecular flexibility index (Phi) is 6.15. The second-order valence-corrected chi connectivity index (χ2v) is 10.2. The van der Waals surface area contributed by atoms with E-state index < -0.39 is 23.5 Å². The van der Waals surface area contributed by atoms with Gasteiger partial charge in [-0.2, -0.15) is 18.3 Å². The molecule has 3 N–H and O–H groups in total. The third kappa shape index (κ3) is 4.64. The van der Waals surface area contributed by atoms with Gasteiger partial charge in [-0.05, 0) is 68.6 Å². The molecule has 0 aliphatic heterocycles. The van der Waals surface area contributed by atoms with Crippen LogP contribution >= 0.6 is 0 Å². The van der Waals surface area contributed by atoms with Crippen LogP contribution in [-0.2, 0) is 17.5 Å². The number of hydrogen-bond donors (Lipinski definition) is 3. The number of hydrogen-bond acceptors (Lipinski definition) is 6. The van der Waals surface area contributed by atoms with Gasteiger partial charge < -0.3 is 10.6 Å². The van der Waals surface area contributed by atoms with E-state index >= 15 is 0 Å². The van der Waals surface area contributed by atoms with Gasteiger partial charge in [0.05, 0.1) is 5.56 Å². The third-order valence-corrected chi connectivity index (χ3v) is 8.13. The number of aromatic amines is 1. The molecule has 0 saturated heterocycles. The van der Waals surface area contributed by atoms with Crippen molar-refractivity contribution >= 4 is 28.5 Å².